The first-order chi connectivity index (χ1) is 15.6. The molecule has 1 aromatic carbocycles. The zero-order chi connectivity index (χ0) is 24.0. The van der Waals surface area contributed by atoms with Gasteiger partial charge < -0.3 is 19.9 Å². The van der Waals surface area contributed by atoms with E-state index in [0.717, 1.165) is 36.0 Å². The van der Waals surface area contributed by atoms with Gasteiger partial charge in [0.15, 0.2) is 0 Å². The Kier molecular flexibility index (Phi) is 8.01. The Balaban J connectivity index is 1.57. The summed E-state index contributed by atoms with van der Waals surface area (Å²) in [7, 11) is 0. The largest absolute Gasteiger partial charge is 0.444 e. The predicted molar refractivity (Wildman–Crippen MR) is 128 cm³/mol. The Bertz CT molecular complexity index is 956. The van der Waals surface area contributed by atoms with Crippen molar-refractivity contribution < 1.29 is 23.9 Å². The smallest absolute Gasteiger partial charge is 0.407 e. The van der Waals surface area contributed by atoms with E-state index < -0.39 is 11.7 Å². The van der Waals surface area contributed by atoms with Crippen LogP contribution in [0.25, 0.3) is 6.08 Å². The van der Waals surface area contributed by atoms with Crippen LogP contribution in [-0.2, 0) is 14.3 Å². The third kappa shape index (κ3) is 7.24. The summed E-state index contributed by atoms with van der Waals surface area (Å²) in [6, 6.07) is 7.71. The van der Waals surface area contributed by atoms with Gasteiger partial charge in [0.05, 0.1) is 4.91 Å². The minimum absolute atomic E-state index is 0.0131. The van der Waals surface area contributed by atoms with Gasteiger partial charge in [0.2, 0.25) is 5.91 Å². The highest BCUT2D eigenvalue weighted by atomic mass is 32.2. The number of rotatable bonds is 5. The molecule has 0 saturated carbocycles. The van der Waals surface area contributed by atoms with E-state index in [2.05, 4.69) is 15.5 Å². The molecule has 0 spiro atoms. The van der Waals surface area contributed by atoms with Crippen molar-refractivity contribution in [1.82, 2.24) is 15.5 Å². The van der Waals surface area contributed by atoms with Crippen molar-refractivity contribution in [3.05, 3.63) is 34.7 Å². The fourth-order valence-corrected chi connectivity index (χ4v) is 4.28. The Morgan fingerprint density at radius 1 is 1.15 bits per heavy atom. The van der Waals surface area contributed by atoms with Gasteiger partial charge in [-0.3, -0.25) is 19.7 Å². The summed E-state index contributed by atoms with van der Waals surface area (Å²) in [5.41, 5.74) is 1.23. The fraction of sp³-hybridized carbons (Fsp3) is 0.478. The van der Waals surface area contributed by atoms with Crippen molar-refractivity contribution in [2.24, 2.45) is 0 Å². The lowest BCUT2D eigenvalue weighted by atomic mass is 10.1. The molecule has 2 saturated heterocycles. The quantitative estimate of drug-likeness (QED) is 0.632. The van der Waals surface area contributed by atoms with Crippen LogP contribution in [0.4, 0.5) is 15.3 Å². The first-order valence-electron chi connectivity index (χ1n) is 11.0. The molecule has 178 valence electrons. The maximum atomic E-state index is 12.7. The number of ether oxygens (including phenoxy) is 1. The number of hydrogen-bond acceptors (Lipinski definition) is 7. The zero-order valence-electron chi connectivity index (χ0n) is 19.2. The van der Waals surface area contributed by atoms with Crippen LogP contribution in [0.2, 0.25) is 0 Å². The van der Waals surface area contributed by atoms with E-state index in [0.29, 0.717) is 24.5 Å². The minimum atomic E-state index is -0.579. The van der Waals surface area contributed by atoms with Gasteiger partial charge in [-0.05, 0) is 56.7 Å². The number of amides is 4. The molecule has 0 atom stereocenters. The van der Waals surface area contributed by atoms with Crippen molar-refractivity contribution in [3.8, 4) is 0 Å². The van der Waals surface area contributed by atoms with E-state index in [1.165, 1.54) is 0 Å². The molecule has 2 aliphatic rings. The zero-order valence-corrected chi connectivity index (χ0v) is 20.0. The summed E-state index contributed by atoms with van der Waals surface area (Å²) < 4.78 is 5.19. The highest BCUT2D eigenvalue weighted by Crippen LogP contribution is 2.30. The number of nitrogens with one attached hydrogen (secondary N) is 2. The number of hydrogen-bond donors (Lipinski definition) is 2. The SMILES string of the molecule is CC(C)(C)OC(=O)NCCC(=O)N1CCCN(c2ccccc2/C=C2/SC(=O)NC2=O)CC1. The Morgan fingerprint density at radius 2 is 1.91 bits per heavy atom. The van der Waals surface area contributed by atoms with Crippen LogP contribution in [0.5, 0.6) is 0 Å². The predicted octanol–water partition coefficient (Wildman–Crippen LogP) is 2.96. The molecule has 0 radical (unpaired) electrons. The van der Waals surface area contributed by atoms with Crippen LogP contribution in [0.3, 0.4) is 0 Å². The summed E-state index contributed by atoms with van der Waals surface area (Å²) in [6.07, 6.45) is 2.21. The van der Waals surface area contributed by atoms with Crippen molar-refractivity contribution in [2.45, 2.75) is 39.2 Å². The average molecular weight is 475 g/mol. The molecule has 0 bridgehead atoms. The van der Waals surface area contributed by atoms with Crippen LogP contribution in [-0.4, -0.2) is 66.4 Å². The third-order valence-corrected chi connectivity index (χ3v) is 5.87. The molecule has 33 heavy (non-hydrogen) atoms. The monoisotopic (exact) mass is 474 g/mol. The van der Waals surface area contributed by atoms with E-state index in [-0.39, 0.29) is 30.0 Å². The maximum Gasteiger partial charge on any atom is 0.407 e. The molecule has 2 N–H and O–H groups in total. The number of para-hydroxylation sites is 1. The molecule has 0 aromatic heterocycles. The fourth-order valence-electron chi connectivity index (χ4n) is 3.61. The number of carbonyl (C=O) groups excluding carboxylic acids is 4. The number of benzene rings is 1. The van der Waals surface area contributed by atoms with Crippen molar-refractivity contribution >= 4 is 46.7 Å². The molecule has 4 amide bonds. The standard InChI is InChI=1S/C23H30N4O5S/c1-23(2,3)32-21(30)24-10-9-19(28)27-12-6-11-26(13-14-27)17-8-5-4-7-16(17)15-18-20(29)25-22(31)33-18/h4-5,7-8,15H,6,9-14H2,1-3H3,(H,24,30)(H,25,29,31)/b18-15+. The minimum Gasteiger partial charge on any atom is -0.444 e. The van der Waals surface area contributed by atoms with Crippen molar-refractivity contribution in [3.63, 3.8) is 0 Å². The lowest BCUT2D eigenvalue weighted by Gasteiger charge is -2.25. The summed E-state index contributed by atoms with van der Waals surface area (Å²) >= 11 is 0.896. The maximum absolute atomic E-state index is 12.7. The van der Waals surface area contributed by atoms with E-state index in [1.54, 1.807) is 26.8 Å². The highest BCUT2D eigenvalue weighted by Gasteiger charge is 2.26. The molecule has 2 aliphatic heterocycles. The Morgan fingerprint density at radius 3 is 2.61 bits per heavy atom. The van der Waals surface area contributed by atoms with Crippen LogP contribution in [0, 0.1) is 0 Å². The summed E-state index contributed by atoms with van der Waals surface area (Å²) in [5.74, 6) is -0.395. The molecular weight excluding hydrogens is 444 g/mol. The molecule has 10 heteroatoms. The van der Waals surface area contributed by atoms with Gasteiger partial charge in [0.25, 0.3) is 11.1 Å². The van der Waals surface area contributed by atoms with Gasteiger partial charge in [-0.2, -0.15) is 0 Å². The number of imide groups is 1. The number of thioether (sulfide) groups is 1. The Labute approximate surface area is 197 Å². The summed E-state index contributed by atoms with van der Waals surface area (Å²) in [5, 5.41) is 4.53. The molecule has 2 heterocycles. The second kappa shape index (κ2) is 10.7. The number of nitrogens with zero attached hydrogens (tertiary/aromatic N) is 2. The van der Waals surface area contributed by atoms with E-state index in [9.17, 15) is 19.2 Å². The molecule has 0 aliphatic carbocycles. The van der Waals surface area contributed by atoms with Crippen molar-refractivity contribution in [1.29, 1.82) is 0 Å². The van der Waals surface area contributed by atoms with E-state index in [1.807, 2.05) is 29.2 Å². The first-order valence-corrected chi connectivity index (χ1v) is 11.8. The molecule has 3 rings (SSSR count). The van der Waals surface area contributed by atoms with E-state index in [4.69, 9.17) is 4.74 Å². The molecule has 1 aromatic rings. The van der Waals surface area contributed by atoms with Crippen LogP contribution in [0.1, 0.15) is 39.2 Å². The van der Waals surface area contributed by atoms with Gasteiger partial charge in [-0.1, -0.05) is 18.2 Å². The highest BCUT2D eigenvalue weighted by molar-refractivity contribution is 8.18. The lowest BCUT2D eigenvalue weighted by molar-refractivity contribution is -0.130. The lowest BCUT2D eigenvalue weighted by Crippen LogP contribution is -2.38. The van der Waals surface area contributed by atoms with Gasteiger partial charge in [-0.25, -0.2) is 4.79 Å². The van der Waals surface area contributed by atoms with E-state index >= 15 is 0 Å². The van der Waals surface area contributed by atoms with Crippen LogP contribution >= 0.6 is 11.8 Å². The molecule has 2 fully saturated rings. The third-order valence-electron chi connectivity index (χ3n) is 5.06. The summed E-state index contributed by atoms with van der Waals surface area (Å²) in [4.78, 5) is 52.2. The van der Waals surface area contributed by atoms with Gasteiger partial charge >= 0.3 is 6.09 Å². The second-order valence-corrected chi connectivity index (χ2v) is 9.83. The normalized spacial score (nSPS) is 18.2. The molecule has 9 nitrogen and oxygen atoms in total. The Hall–Kier alpha value is -3.01. The number of alkyl carbamates (subject to hydrolysis) is 1. The van der Waals surface area contributed by atoms with Gasteiger partial charge in [0, 0.05) is 44.8 Å². The second-order valence-electron chi connectivity index (χ2n) is 8.81. The van der Waals surface area contributed by atoms with Crippen LogP contribution < -0.4 is 15.5 Å². The van der Waals surface area contributed by atoms with Crippen molar-refractivity contribution in [2.75, 3.05) is 37.6 Å². The molecular formula is C23H30N4O5S. The topological polar surface area (TPSA) is 108 Å². The summed E-state index contributed by atoms with van der Waals surface area (Å²) in [6.45, 7) is 8.19. The molecule has 0 unspecified atom stereocenters. The average Bonchev–Trinajstić information content (AvgIpc) is 2.91. The van der Waals surface area contributed by atoms with Crippen LogP contribution in [0.15, 0.2) is 29.2 Å². The number of carbonyl (C=O) groups is 4. The first kappa shape index (κ1) is 24.6. The van der Waals surface area contributed by atoms with Gasteiger partial charge in [0.1, 0.15) is 5.60 Å². The number of anilines is 1. The van der Waals surface area contributed by atoms with Gasteiger partial charge in [-0.15, -0.1) is 0 Å².